The zero-order chi connectivity index (χ0) is 27.4. The van der Waals surface area contributed by atoms with Crippen LogP contribution in [0.3, 0.4) is 0 Å². The first kappa shape index (κ1) is 28.3. The van der Waals surface area contributed by atoms with Gasteiger partial charge in [-0.1, -0.05) is 78.7 Å². The molecule has 2 unspecified atom stereocenters. The van der Waals surface area contributed by atoms with Gasteiger partial charge in [-0.2, -0.15) is 0 Å². The van der Waals surface area contributed by atoms with E-state index in [0.29, 0.717) is 17.3 Å². The Balaban J connectivity index is 1.52. The summed E-state index contributed by atoms with van der Waals surface area (Å²) in [7, 11) is -3.83. The Kier molecular flexibility index (Phi) is 6.44. The fraction of sp³-hybridized carbons (Fsp3) is 0.875. The van der Waals surface area contributed by atoms with Gasteiger partial charge < -0.3 is 13.6 Å². The second-order valence-electron chi connectivity index (χ2n) is 16.8. The zero-order valence-corrected chi connectivity index (χ0v) is 28.1. The van der Waals surface area contributed by atoms with E-state index in [1.54, 1.807) is 11.1 Å². The molecule has 5 rings (SSSR count). The third kappa shape index (κ3) is 4.19. The van der Waals surface area contributed by atoms with Gasteiger partial charge in [0.15, 0.2) is 16.6 Å². The van der Waals surface area contributed by atoms with Crippen molar-refractivity contribution in [1.29, 1.82) is 0 Å². The summed E-state index contributed by atoms with van der Waals surface area (Å²) in [5, 5.41) is 0.411. The summed E-state index contributed by atoms with van der Waals surface area (Å²) in [6, 6.07) is 0. The Morgan fingerprint density at radius 2 is 1.41 bits per heavy atom. The van der Waals surface area contributed by atoms with Gasteiger partial charge >= 0.3 is 0 Å². The number of hydrogen-bond donors (Lipinski definition) is 0. The van der Waals surface area contributed by atoms with Crippen molar-refractivity contribution >= 4 is 16.6 Å². The van der Waals surface area contributed by atoms with E-state index in [0.717, 1.165) is 19.4 Å². The Morgan fingerprint density at radius 3 is 1.97 bits per heavy atom. The van der Waals surface area contributed by atoms with Gasteiger partial charge in [0, 0.05) is 10.8 Å². The van der Waals surface area contributed by atoms with Crippen molar-refractivity contribution < 1.29 is 13.6 Å². The molecule has 0 N–H and O–H groups in total. The molecule has 3 nitrogen and oxygen atoms in total. The van der Waals surface area contributed by atoms with E-state index < -0.39 is 16.6 Å². The standard InChI is InChI=1S/C32H56O3Si2/c1-28(2,3)36(9,10)34-23-19-22-13-14-24-25-16-18-32(21-33-32)30(25,7)17-15-26(24)31(22,8)27(20-23)35-37(11,12)29(4,5)6/h13-14,23,25-27H,15-21H2,1-12H3/t23-,25?,26?,27+,30+,31+,32-/m1/s1. The fourth-order valence-corrected chi connectivity index (χ4v) is 10.8. The maximum Gasteiger partial charge on any atom is 0.192 e. The summed E-state index contributed by atoms with van der Waals surface area (Å²) in [6.45, 7) is 30.1. The molecule has 1 aliphatic heterocycles. The van der Waals surface area contributed by atoms with Crippen molar-refractivity contribution in [2.45, 2.75) is 148 Å². The van der Waals surface area contributed by atoms with Crippen LogP contribution in [0.5, 0.6) is 0 Å². The number of rotatable bonds is 4. The van der Waals surface area contributed by atoms with Crippen LogP contribution in [0.4, 0.5) is 0 Å². The third-order valence-electron chi connectivity index (χ3n) is 12.9. The Bertz CT molecular complexity index is 992. The van der Waals surface area contributed by atoms with E-state index in [2.05, 4.69) is 93.7 Å². The Hall–Kier alpha value is -0.206. The van der Waals surface area contributed by atoms with Gasteiger partial charge in [-0.25, -0.2) is 0 Å². The fourth-order valence-electron chi connectivity index (χ4n) is 8.05. The number of allylic oxidation sites excluding steroid dienone is 3. The largest absolute Gasteiger partial charge is 0.414 e. The lowest BCUT2D eigenvalue weighted by Gasteiger charge is -2.59. The number of hydrogen-bond acceptors (Lipinski definition) is 3. The summed E-state index contributed by atoms with van der Waals surface area (Å²) in [4.78, 5) is 0. The molecule has 0 radical (unpaired) electrons. The first-order chi connectivity index (χ1) is 16.8. The molecule has 1 spiro atoms. The molecule has 37 heavy (non-hydrogen) atoms. The molecule has 210 valence electrons. The molecule has 0 aromatic heterocycles. The summed E-state index contributed by atoms with van der Waals surface area (Å²) in [5.74, 6) is 1.25. The smallest absolute Gasteiger partial charge is 0.192 e. The SMILES string of the molecule is CC(C)(C)[Si](C)(C)O[C@@H]1CC2=CC=C3C(CC[C@@]4(C)C3CC[C@@]43CO3)[C@@]2(C)[C@@H](O[Si](C)(C)C(C)(C)C)C1. The van der Waals surface area contributed by atoms with E-state index in [1.165, 1.54) is 25.7 Å². The highest BCUT2D eigenvalue weighted by Gasteiger charge is 2.69. The van der Waals surface area contributed by atoms with Crippen LogP contribution in [-0.2, 0) is 13.6 Å². The average molecular weight is 545 g/mol. The van der Waals surface area contributed by atoms with Crippen molar-refractivity contribution in [3.8, 4) is 0 Å². The number of epoxide rings is 1. The molecular weight excluding hydrogens is 489 g/mol. The maximum atomic E-state index is 7.47. The predicted octanol–water partition coefficient (Wildman–Crippen LogP) is 9.03. The lowest BCUT2D eigenvalue weighted by molar-refractivity contribution is -0.0445. The first-order valence-electron chi connectivity index (χ1n) is 15.2. The summed E-state index contributed by atoms with van der Waals surface area (Å²) < 4.78 is 20.8. The third-order valence-corrected chi connectivity index (χ3v) is 21.9. The lowest BCUT2D eigenvalue weighted by Crippen LogP contribution is -2.58. The van der Waals surface area contributed by atoms with Crippen molar-refractivity contribution in [3.63, 3.8) is 0 Å². The Labute approximate surface area is 230 Å². The highest BCUT2D eigenvalue weighted by molar-refractivity contribution is 6.74. The molecule has 3 saturated carbocycles. The normalized spacial score (nSPS) is 42.1. The molecule has 0 amide bonds. The molecule has 1 saturated heterocycles. The van der Waals surface area contributed by atoms with E-state index in [9.17, 15) is 0 Å². The number of ether oxygens (including phenoxy) is 1. The number of fused-ring (bicyclic) bond motifs is 6. The second-order valence-corrected chi connectivity index (χ2v) is 26.3. The molecule has 0 bridgehead atoms. The van der Waals surface area contributed by atoms with Crippen LogP contribution in [0.2, 0.25) is 36.3 Å². The topological polar surface area (TPSA) is 31.0 Å². The summed E-state index contributed by atoms with van der Waals surface area (Å²) in [5.41, 5.74) is 3.88. The molecule has 5 heteroatoms. The predicted molar refractivity (Wildman–Crippen MR) is 160 cm³/mol. The van der Waals surface area contributed by atoms with Crippen molar-refractivity contribution in [2.24, 2.45) is 22.7 Å². The molecule has 1 heterocycles. The van der Waals surface area contributed by atoms with E-state index in [1.807, 2.05) is 0 Å². The molecule has 5 aliphatic rings. The quantitative estimate of drug-likeness (QED) is 0.261. The lowest BCUT2D eigenvalue weighted by atomic mass is 9.49. The maximum absolute atomic E-state index is 7.47. The monoisotopic (exact) mass is 544 g/mol. The molecule has 4 aliphatic carbocycles. The van der Waals surface area contributed by atoms with Gasteiger partial charge in [-0.3, -0.25) is 0 Å². The van der Waals surface area contributed by atoms with Gasteiger partial charge in [0.05, 0.1) is 24.4 Å². The van der Waals surface area contributed by atoms with Gasteiger partial charge in [0.1, 0.15) is 0 Å². The van der Waals surface area contributed by atoms with E-state index >= 15 is 0 Å². The molecule has 0 aromatic rings. The van der Waals surface area contributed by atoms with Crippen LogP contribution in [0.25, 0.3) is 0 Å². The molecule has 7 atom stereocenters. The van der Waals surface area contributed by atoms with Crippen LogP contribution in [0.1, 0.15) is 93.9 Å². The van der Waals surface area contributed by atoms with E-state index in [4.69, 9.17) is 13.6 Å². The van der Waals surface area contributed by atoms with Crippen LogP contribution in [-0.4, -0.2) is 41.1 Å². The van der Waals surface area contributed by atoms with Gasteiger partial charge in [-0.15, -0.1) is 0 Å². The molecule has 0 aromatic carbocycles. The second kappa shape index (κ2) is 8.41. The highest BCUT2D eigenvalue weighted by atomic mass is 28.4. The van der Waals surface area contributed by atoms with Gasteiger partial charge in [-0.05, 0) is 86.6 Å². The zero-order valence-electron chi connectivity index (χ0n) is 26.1. The Morgan fingerprint density at radius 1 is 0.838 bits per heavy atom. The molecule has 4 fully saturated rings. The van der Waals surface area contributed by atoms with Crippen molar-refractivity contribution in [3.05, 3.63) is 23.3 Å². The molecular formula is C32H56O3Si2. The van der Waals surface area contributed by atoms with Crippen LogP contribution in [0, 0.1) is 22.7 Å². The average Bonchev–Trinajstić information content (AvgIpc) is 3.47. The van der Waals surface area contributed by atoms with Crippen molar-refractivity contribution in [1.82, 2.24) is 0 Å². The minimum absolute atomic E-state index is 0.0639. The van der Waals surface area contributed by atoms with Gasteiger partial charge in [0.25, 0.3) is 0 Å². The summed E-state index contributed by atoms with van der Waals surface area (Å²) >= 11 is 0. The minimum Gasteiger partial charge on any atom is -0.414 e. The van der Waals surface area contributed by atoms with Crippen LogP contribution < -0.4 is 0 Å². The minimum atomic E-state index is -1.96. The van der Waals surface area contributed by atoms with Crippen LogP contribution in [0.15, 0.2) is 23.3 Å². The van der Waals surface area contributed by atoms with E-state index in [-0.39, 0.29) is 33.3 Å². The van der Waals surface area contributed by atoms with Crippen LogP contribution >= 0.6 is 0 Å². The van der Waals surface area contributed by atoms with Crippen molar-refractivity contribution in [2.75, 3.05) is 6.61 Å². The first-order valence-corrected chi connectivity index (χ1v) is 21.0. The summed E-state index contributed by atoms with van der Waals surface area (Å²) in [6.07, 6.45) is 12.8. The highest BCUT2D eigenvalue weighted by Crippen LogP contribution is 2.70. The van der Waals surface area contributed by atoms with Gasteiger partial charge in [0.2, 0.25) is 0 Å².